The van der Waals surface area contributed by atoms with Crippen LogP contribution in [0.3, 0.4) is 0 Å². The Balaban J connectivity index is 1.24. The van der Waals surface area contributed by atoms with Crippen molar-refractivity contribution in [3.8, 4) is 22.3 Å². The van der Waals surface area contributed by atoms with Gasteiger partial charge in [-0.25, -0.2) is 0 Å². The Labute approximate surface area is 242 Å². The molecule has 1 heterocycles. The molecule has 8 aromatic rings. The van der Waals surface area contributed by atoms with E-state index in [0.29, 0.717) is 0 Å². The van der Waals surface area contributed by atoms with Crippen molar-refractivity contribution in [2.45, 2.75) is 12.8 Å². The maximum absolute atomic E-state index is 2.42. The fraction of sp³-hybridized carbons (Fsp3) is 0.0500. The first kappa shape index (κ1) is 23.0. The van der Waals surface area contributed by atoms with Gasteiger partial charge in [-0.1, -0.05) is 115 Å². The molecule has 1 aliphatic rings. The number of fused-ring (bicyclic) bond motifs is 9. The van der Waals surface area contributed by atoms with E-state index in [-0.39, 0.29) is 0 Å². The molecule has 192 valence electrons. The molecule has 0 spiro atoms. The third kappa shape index (κ3) is 3.59. The van der Waals surface area contributed by atoms with Crippen LogP contribution in [0.25, 0.3) is 81.5 Å². The second kappa shape index (κ2) is 8.89. The minimum atomic E-state index is 1.15. The molecule has 9 rings (SSSR count). The van der Waals surface area contributed by atoms with E-state index in [0.717, 1.165) is 12.8 Å². The third-order valence-electron chi connectivity index (χ3n) is 8.88. The third-order valence-corrected chi connectivity index (χ3v) is 10.2. The second-order valence-electron chi connectivity index (χ2n) is 11.2. The van der Waals surface area contributed by atoms with Crippen molar-refractivity contribution in [3.63, 3.8) is 0 Å². The molecule has 0 N–H and O–H groups in total. The van der Waals surface area contributed by atoms with Gasteiger partial charge in [-0.3, -0.25) is 0 Å². The summed E-state index contributed by atoms with van der Waals surface area (Å²) >= 11 is 1.98. The zero-order chi connectivity index (χ0) is 26.9. The normalized spacial score (nSPS) is 13.1. The van der Waals surface area contributed by atoms with E-state index in [1.165, 1.54) is 85.9 Å². The summed E-state index contributed by atoms with van der Waals surface area (Å²) in [5, 5.41) is 11.8. The Morgan fingerprint density at radius 1 is 0.463 bits per heavy atom. The van der Waals surface area contributed by atoms with Gasteiger partial charge in [-0.2, -0.15) is 0 Å². The number of hydrogen-bond acceptors (Lipinski definition) is 1. The minimum absolute atomic E-state index is 1.15. The van der Waals surface area contributed by atoms with Crippen molar-refractivity contribution in [3.05, 3.63) is 138 Å². The fourth-order valence-corrected chi connectivity index (χ4v) is 8.12. The summed E-state index contributed by atoms with van der Waals surface area (Å²) in [5.41, 5.74) is 6.58. The maximum Gasteiger partial charge on any atom is 0.0430 e. The van der Waals surface area contributed by atoms with Gasteiger partial charge >= 0.3 is 0 Å². The lowest BCUT2D eigenvalue weighted by atomic mass is 9.92. The largest absolute Gasteiger partial charge is 0.139 e. The SMILES string of the molecule is C1=Cc2c(sc3c(-c4ccc5ccc6c7cc(-c8ccc9ccccc9c8)ccc7ccc6c5c4)cccc23)CC1. The fourth-order valence-electron chi connectivity index (χ4n) is 6.78. The quantitative estimate of drug-likeness (QED) is 0.192. The minimum Gasteiger partial charge on any atom is -0.139 e. The van der Waals surface area contributed by atoms with Crippen LogP contribution in [-0.2, 0) is 6.42 Å². The molecule has 0 atom stereocenters. The predicted molar refractivity (Wildman–Crippen MR) is 180 cm³/mol. The zero-order valence-electron chi connectivity index (χ0n) is 22.5. The van der Waals surface area contributed by atoms with E-state index in [1.807, 2.05) is 11.3 Å². The number of aryl methyl sites for hydroxylation is 1. The van der Waals surface area contributed by atoms with Crippen LogP contribution in [0.4, 0.5) is 0 Å². The summed E-state index contributed by atoms with van der Waals surface area (Å²) in [6, 6.07) is 45.3. The van der Waals surface area contributed by atoms with Gasteiger partial charge in [0.25, 0.3) is 0 Å². The van der Waals surface area contributed by atoms with Gasteiger partial charge in [0.05, 0.1) is 0 Å². The van der Waals surface area contributed by atoms with Crippen molar-refractivity contribution < 1.29 is 0 Å². The Kier molecular flexibility index (Phi) is 5.00. The summed E-state index contributed by atoms with van der Waals surface area (Å²) in [6.45, 7) is 0. The van der Waals surface area contributed by atoms with Gasteiger partial charge in [0, 0.05) is 15.0 Å². The van der Waals surface area contributed by atoms with Gasteiger partial charge < -0.3 is 0 Å². The first-order chi connectivity index (χ1) is 20.3. The molecule has 0 unspecified atom stereocenters. The molecule has 0 saturated heterocycles. The summed E-state index contributed by atoms with van der Waals surface area (Å²) in [4.78, 5) is 1.52. The van der Waals surface area contributed by atoms with Crippen molar-refractivity contribution in [2.75, 3.05) is 0 Å². The highest BCUT2D eigenvalue weighted by Crippen LogP contribution is 2.42. The Hall–Kier alpha value is -4.72. The standard InChI is InChI=1S/C40H26S/c1-2-7-28-22-29(15-12-25(28)6-1)30-16-13-26-18-21-34-33(37(26)23-30)20-19-27-14-17-31(24-38(27)34)32-9-5-10-36-35-8-3-4-11-39(35)41-40(32)36/h1-3,5-10,12-24H,4,11H2. The van der Waals surface area contributed by atoms with E-state index >= 15 is 0 Å². The van der Waals surface area contributed by atoms with Crippen LogP contribution in [-0.4, -0.2) is 0 Å². The number of rotatable bonds is 2. The van der Waals surface area contributed by atoms with E-state index in [1.54, 1.807) is 0 Å². The van der Waals surface area contributed by atoms with Gasteiger partial charge in [0.1, 0.15) is 0 Å². The second-order valence-corrected chi connectivity index (χ2v) is 12.3. The van der Waals surface area contributed by atoms with Crippen LogP contribution in [0.1, 0.15) is 16.9 Å². The van der Waals surface area contributed by atoms with Crippen LogP contribution in [0.2, 0.25) is 0 Å². The highest BCUT2D eigenvalue weighted by molar-refractivity contribution is 7.20. The van der Waals surface area contributed by atoms with Crippen LogP contribution in [0, 0.1) is 0 Å². The van der Waals surface area contributed by atoms with Crippen LogP contribution in [0.5, 0.6) is 0 Å². The number of benzene rings is 7. The van der Waals surface area contributed by atoms with Crippen molar-refractivity contribution in [1.82, 2.24) is 0 Å². The van der Waals surface area contributed by atoms with Gasteiger partial charge in [-0.05, 0) is 102 Å². The monoisotopic (exact) mass is 538 g/mol. The first-order valence-corrected chi connectivity index (χ1v) is 15.2. The van der Waals surface area contributed by atoms with Gasteiger partial charge in [0.2, 0.25) is 0 Å². The molecule has 7 aromatic carbocycles. The molecule has 0 amide bonds. The lowest BCUT2D eigenvalue weighted by Gasteiger charge is -2.12. The van der Waals surface area contributed by atoms with Crippen molar-refractivity contribution >= 4 is 70.6 Å². The van der Waals surface area contributed by atoms with Crippen LogP contribution >= 0.6 is 11.3 Å². The molecule has 0 fully saturated rings. The van der Waals surface area contributed by atoms with Crippen molar-refractivity contribution in [2.24, 2.45) is 0 Å². The molecule has 1 aromatic heterocycles. The summed E-state index contributed by atoms with van der Waals surface area (Å²) in [5.74, 6) is 0. The molecule has 0 saturated carbocycles. The summed E-state index contributed by atoms with van der Waals surface area (Å²) in [7, 11) is 0. The van der Waals surface area contributed by atoms with Crippen LogP contribution < -0.4 is 0 Å². The molecular weight excluding hydrogens is 513 g/mol. The molecule has 0 aliphatic heterocycles. The molecule has 41 heavy (non-hydrogen) atoms. The zero-order valence-corrected chi connectivity index (χ0v) is 23.3. The van der Waals surface area contributed by atoms with E-state index < -0.39 is 0 Å². The molecule has 1 heteroatoms. The molecule has 0 radical (unpaired) electrons. The van der Waals surface area contributed by atoms with E-state index in [4.69, 9.17) is 0 Å². The highest BCUT2D eigenvalue weighted by Gasteiger charge is 2.16. The maximum atomic E-state index is 2.42. The molecule has 0 nitrogen and oxygen atoms in total. The smallest absolute Gasteiger partial charge is 0.0430 e. The summed E-state index contributed by atoms with van der Waals surface area (Å²) < 4.78 is 1.41. The topological polar surface area (TPSA) is 0 Å². The lowest BCUT2D eigenvalue weighted by Crippen LogP contribution is -1.87. The average molecular weight is 539 g/mol. The predicted octanol–water partition coefficient (Wildman–Crippen LogP) is 11.8. The summed E-state index contributed by atoms with van der Waals surface area (Å²) in [6.07, 6.45) is 6.95. The first-order valence-electron chi connectivity index (χ1n) is 14.4. The lowest BCUT2D eigenvalue weighted by molar-refractivity contribution is 1.02. The number of hydrogen-bond donors (Lipinski definition) is 0. The molecular formula is C40H26S. The Bertz CT molecular complexity index is 2370. The Morgan fingerprint density at radius 3 is 1.93 bits per heavy atom. The molecule has 1 aliphatic carbocycles. The van der Waals surface area contributed by atoms with Gasteiger partial charge in [0.15, 0.2) is 0 Å². The highest BCUT2D eigenvalue weighted by atomic mass is 32.1. The van der Waals surface area contributed by atoms with Crippen LogP contribution in [0.15, 0.2) is 127 Å². The van der Waals surface area contributed by atoms with E-state index in [9.17, 15) is 0 Å². The Morgan fingerprint density at radius 2 is 1.12 bits per heavy atom. The molecule has 0 bridgehead atoms. The van der Waals surface area contributed by atoms with Gasteiger partial charge in [-0.15, -0.1) is 11.3 Å². The van der Waals surface area contributed by atoms with Crippen molar-refractivity contribution in [1.29, 1.82) is 0 Å². The number of thiophene rings is 1. The van der Waals surface area contributed by atoms with E-state index in [2.05, 4.69) is 133 Å². The number of allylic oxidation sites excluding steroid dienone is 1. The average Bonchev–Trinajstić information content (AvgIpc) is 3.43.